The summed E-state index contributed by atoms with van der Waals surface area (Å²) in [4.78, 5) is 0. The minimum absolute atomic E-state index is 0.0437. The van der Waals surface area contributed by atoms with Crippen molar-refractivity contribution in [1.29, 1.82) is 0 Å². The summed E-state index contributed by atoms with van der Waals surface area (Å²) in [6.07, 6.45) is 6.15. The van der Waals surface area contributed by atoms with Gasteiger partial charge in [0.1, 0.15) is 11.6 Å². The number of nitrogens with one attached hydrogen (secondary N) is 1. The average molecular weight is 281 g/mol. The number of aromatic hydroxyl groups is 1. The van der Waals surface area contributed by atoms with Crippen LogP contribution in [0.4, 0.5) is 4.39 Å². The highest BCUT2D eigenvalue weighted by Crippen LogP contribution is 2.29. The maximum atomic E-state index is 13.0. The second-order valence-corrected chi connectivity index (χ2v) is 5.94. The Morgan fingerprint density at radius 3 is 2.50 bits per heavy atom. The van der Waals surface area contributed by atoms with E-state index in [2.05, 4.69) is 5.32 Å². The summed E-state index contributed by atoms with van der Waals surface area (Å²) >= 11 is 0. The first-order valence-corrected chi connectivity index (χ1v) is 7.44. The summed E-state index contributed by atoms with van der Waals surface area (Å²) in [6, 6.07) is 3.92. The normalized spacial score (nSPS) is 20.4. The predicted octanol–water partition coefficient (Wildman–Crippen LogP) is 3.27. The summed E-state index contributed by atoms with van der Waals surface area (Å²) in [5.41, 5.74) is 0.00376. The molecule has 0 amide bonds. The Balaban J connectivity index is 1.95. The van der Waals surface area contributed by atoms with Crippen molar-refractivity contribution in [3.63, 3.8) is 0 Å². The van der Waals surface area contributed by atoms with Crippen molar-refractivity contribution in [1.82, 2.24) is 5.32 Å². The molecule has 1 aliphatic carbocycles. The number of phenols is 1. The van der Waals surface area contributed by atoms with Gasteiger partial charge in [-0.05, 0) is 25.8 Å². The lowest BCUT2D eigenvalue weighted by molar-refractivity contribution is 0.0231. The van der Waals surface area contributed by atoms with Crippen molar-refractivity contribution >= 4 is 0 Å². The van der Waals surface area contributed by atoms with E-state index in [9.17, 15) is 14.6 Å². The van der Waals surface area contributed by atoms with E-state index in [1.54, 1.807) is 6.07 Å². The predicted molar refractivity (Wildman–Crippen MR) is 77.1 cm³/mol. The highest BCUT2D eigenvalue weighted by Gasteiger charge is 2.28. The van der Waals surface area contributed by atoms with Gasteiger partial charge in [0.15, 0.2) is 0 Å². The maximum absolute atomic E-state index is 13.0. The molecule has 4 heteroatoms. The molecule has 3 nitrogen and oxygen atoms in total. The molecule has 112 valence electrons. The van der Waals surface area contributed by atoms with Crippen LogP contribution in [0, 0.1) is 5.82 Å². The molecule has 2 rings (SSSR count). The fraction of sp³-hybridized carbons (Fsp3) is 0.625. The lowest BCUT2D eigenvalue weighted by atomic mass is 9.94. The molecule has 0 radical (unpaired) electrons. The van der Waals surface area contributed by atoms with Crippen molar-refractivity contribution in [2.45, 2.75) is 57.1 Å². The third-order valence-corrected chi connectivity index (χ3v) is 4.23. The molecule has 1 fully saturated rings. The average Bonchev–Trinajstić information content (AvgIpc) is 2.61. The molecule has 0 aliphatic heterocycles. The summed E-state index contributed by atoms with van der Waals surface area (Å²) in [5, 5.41) is 23.6. The Morgan fingerprint density at radius 1 is 1.25 bits per heavy atom. The van der Waals surface area contributed by atoms with Crippen LogP contribution in [0.5, 0.6) is 5.75 Å². The monoisotopic (exact) mass is 281 g/mol. The molecule has 1 aromatic rings. The van der Waals surface area contributed by atoms with Gasteiger partial charge in [-0.25, -0.2) is 4.39 Å². The van der Waals surface area contributed by atoms with E-state index in [0.29, 0.717) is 12.1 Å². The number of phenolic OH excluding ortho intramolecular Hbond substituents is 1. The number of benzene rings is 1. The Labute approximate surface area is 119 Å². The minimum Gasteiger partial charge on any atom is -0.508 e. The van der Waals surface area contributed by atoms with Gasteiger partial charge in [0, 0.05) is 24.2 Å². The smallest absolute Gasteiger partial charge is 0.126 e. The first-order chi connectivity index (χ1) is 9.50. The van der Waals surface area contributed by atoms with Gasteiger partial charge in [-0.15, -0.1) is 0 Å². The van der Waals surface area contributed by atoms with Crippen molar-refractivity contribution < 1.29 is 14.6 Å². The molecular formula is C16H24FNO2. The van der Waals surface area contributed by atoms with Gasteiger partial charge in [0.2, 0.25) is 0 Å². The van der Waals surface area contributed by atoms with Crippen molar-refractivity contribution in [3.05, 3.63) is 29.6 Å². The Morgan fingerprint density at radius 2 is 1.90 bits per heavy atom. The maximum Gasteiger partial charge on any atom is 0.126 e. The largest absolute Gasteiger partial charge is 0.508 e. The van der Waals surface area contributed by atoms with Crippen LogP contribution in [0.15, 0.2) is 18.2 Å². The molecule has 3 N–H and O–H groups in total. The molecule has 1 aromatic carbocycles. The molecule has 0 aromatic heterocycles. The van der Waals surface area contributed by atoms with E-state index >= 15 is 0 Å². The first kappa shape index (κ1) is 15.3. The van der Waals surface area contributed by atoms with Crippen LogP contribution in [-0.2, 0) is 0 Å². The summed E-state index contributed by atoms with van der Waals surface area (Å²) < 4.78 is 13.0. The fourth-order valence-electron chi connectivity index (χ4n) is 2.90. The standard InChI is InChI=1S/C16H24FNO2/c1-12(14-7-6-13(17)10-15(14)19)18-11-16(20)8-4-2-3-5-9-16/h6-7,10,12,18-20H,2-5,8-9,11H2,1H3. The quantitative estimate of drug-likeness (QED) is 0.742. The van der Waals surface area contributed by atoms with Gasteiger partial charge in [-0.1, -0.05) is 31.7 Å². The highest BCUT2D eigenvalue weighted by molar-refractivity contribution is 5.34. The molecule has 1 aliphatic rings. The molecule has 20 heavy (non-hydrogen) atoms. The third kappa shape index (κ3) is 3.93. The van der Waals surface area contributed by atoms with Crippen LogP contribution in [0.1, 0.15) is 57.1 Å². The van der Waals surface area contributed by atoms with Crippen LogP contribution in [-0.4, -0.2) is 22.4 Å². The van der Waals surface area contributed by atoms with E-state index in [4.69, 9.17) is 0 Å². The van der Waals surface area contributed by atoms with Gasteiger partial charge in [0.25, 0.3) is 0 Å². The minimum atomic E-state index is -0.652. The number of rotatable bonds is 4. The van der Waals surface area contributed by atoms with E-state index in [-0.39, 0.29) is 11.8 Å². The van der Waals surface area contributed by atoms with Gasteiger partial charge < -0.3 is 15.5 Å². The topological polar surface area (TPSA) is 52.5 Å². The molecule has 0 saturated heterocycles. The summed E-state index contributed by atoms with van der Waals surface area (Å²) in [5.74, 6) is -0.487. The molecule has 0 heterocycles. The number of aliphatic hydroxyl groups is 1. The zero-order valence-corrected chi connectivity index (χ0v) is 12.0. The van der Waals surface area contributed by atoms with Crippen LogP contribution in [0.25, 0.3) is 0 Å². The Bertz CT molecular complexity index is 442. The number of halogens is 1. The number of hydrogen-bond acceptors (Lipinski definition) is 3. The zero-order chi connectivity index (χ0) is 14.6. The molecule has 0 spiro atoms. The van der Waals surface area contributed by atoms with Crippen LogP contribution in [0.3, 0.4) is 0 Å². The molecular weight excluding hydrogens is 257 g/mol. The fourth-order valence-corrected chi connectivity index (χ4v) is 2.90. The SMILES string of the molecule is CC(NCC1(O)CCCCCC1)c1ccc(F)cc1O. The molecule has 0 bridgehead atoms. The lowest BCUT2D eigenvalue weighted by Gasteiger charge is -2.29. The first-order valence-electron chi connectivity index (χ1n) is 7.44. The summed E-state index contributed by atoms with van der Waals surface area (Å²) in [7, 11) is 0. The Kier molecular flexibility index (Phi) is 5.00. The number of hydrogen-bond donors (Lipinski definition) is 3. The molecule has 1 atom stereocenters. The van der Waals surface area contributed by atoms with Crippen LogP contribution in [0.2, 0.25) is 0 Å². The van der Waals surface area contributed by atoms with Gasteiger partial charge >= 0.3 is 0 Å². The molecule has 1 saturated carbocycles. The van der Waals surface area contributed by atoms with E-state index in [1.807, 2.05) is 6.92 Å². The Hall–Kier alpha value is -1.13. The summed E-state index contributed by atoms with van der Waals surface area (Å²) in [6.45, 7) is 2.41. The van der Waals surface area contributed by atoms with Crippen molar-refractivity contribution in [2.24, 2.45) is 0 Å². The van der Waals surface area contributed by atoms with Crippen LogP contribution >= 0.6 is 0 Å². The van der Waals surface area contributed by atoms with Crippen LogP contribution < -0.4 is 5.32 Å². The zero-order valence-electron chi connectivity index (χ0n) is 12.0. The van der Waals surface area contributed by atoms with E-state index in [0.717, 1.165) is 31.7 Å². The van der Waals surface area contributed by atoms with E-state index in [1.165, 1.54) is 18.9 Å². The van der Waals surface area contributed by atoms with Gasteiger partial charge in [-0.3, -0.25) is 0 Å². The second kappa shape index (κ2) is 6.55. The van der Waals surface area contributed by atoms with Gasteiger partial charge in [0.05, 0.1) is 5.60 Å². The van der Waals surface area contributed by atoms with E-state index < -0.39 is 11.4 Å². The van der Waals surface area contributed by atoms with Gasteiger partial charge in [-0.2, -0.15) is 0 Å². The third-order valence-electron chi connectivity index (χ3n) is 4.23. The molecule has 1 unspecified atom stereocenters. The van der Waals surface area contributed by atoms with Crippen molar-refractivity contribution in [3.8, 4) is 5.75 Å². The second-order valence-electron chi connectivity index (χ2n) is 5.94. The highest BCUT2D eigenvalue weighted by atomic mass is 19.1. The lowest BCUT2D eigenvalue weighted by Crippen LogP contribution is -2.41. The van der Waals surface area contributed by atoms with Crippen molar-refractivity contribution in [2.75, 3.05) is 6.54 Å².